The Morgan fingerprint density at radius 3 is 2.58 bits per heavy atom. The molecule has 3 heterocycles. The average Bonchev–Trinajstić information content (AvgIpc) is 3.50. The first-order valence-electron chi connectivity index (χ1n) is 12.0. The minimum absolute atomic E-state index is 0.0270. The summed E-state index contributed by atoms with van der Waals surface area (Å²) in [4.78, 5) is 42.3. The van der Waals surface area contributed by atoms with Crippen LogP contribution in [-0.4, -0.2) is 68.8 Å². The van der Waals surface area contributed by atoms with Gasteiger partial charge in [0.2, 0.25) is 5.43 Å². The van der Waals surface area contributed by atoms with E-state index >= 15 is 4.39 Å². The van der Waals surface area contributed by atoms with Crippen LogP contribution >= 0.6 is 0 Å². The number of aromatic carboxylic acids is 1. The van der Waals surface area contributed by atoms with E-state index in [0.29, 0.717) is 19.5 Å². The molecular formula is C24H32FN5O6. The molecule has 36 heavy (non-hydrogen) atoms. The molecule has 2 aromatic rings. The summed E-state index contributed by atoms with van der Waals surface area (Å²) in [5.74, 6) is -2.01. The molecular weight excluding hydrogens is 473 g/mol. The molecule has 12 heteroatoms. The lowest BCUT2D eigenvalue weighted by Gasteiger charge is -2.27. The SMILES string of the molecule is CC(NC(=O)OC(C)(C)C)C(O)NC1CCN(c2nc3c(cc2F)c(=O)c(C(=O)O)cn3C2CC2)C1. The number of aliphatic hydroxyl groups is 1. The number of carboxylic acids is 1. The fourth-order valence-corrected chi connectivity index (χ4v) is 4.29. The minimum atomic E-state index is -1.36. The second-order valence-corrected chi connectivity index (χ2v) is 10.5. The van der Waals surface area contributed by atoms with Crippen LogP contribution in [0.5, 0.6) is 0 Å². The first-order chi connectivity index (χ1) is 16.8. The number of amides is 1. The molecule has 196 valence electrons. The van der Waals surface area contributed by atoms with Gasteiger partial charge in [-0.15, -0.1) is 0 Å². The minimum Gasteiger partial charge on any atom is -0.477 e. The van der Waals surface area contributed by atoms with Gasteiger partial charge in [-0.05, 0) is 53.0 Å². The highest BCUT2D eigenvalue weighted by Gasteiger charge is 2.32. The number of aliphatic hydroxyl groups excluding tert-OH is 1. The van der Waals surface area contributed by atoms with Gasteiger partial charge in [0.25, 0.3) is 0 Å². The quantitative estimate of drug-likeness (QED) is 0.415. The number of hydrogen-bond donors (Lipinski definition) is 4. The molecule has 1 aliphatic carbocycles. The van der Waals surface area contributed by atoms with Crippen LogP contribution in [0.2, 0.25) is 0 Å². The molecule has 0 spiro atoms. The van der Waals surface area contributed by atoms with E-state index in [1.165, 1.54) is 6.20 Å². The molecule has 11 nitrogen and oxygen atoms in total. The van der Waals surface area contributed by atoms with Crippen molar-refractivity contribution < 1.29 is 28.9 Å². The van der Waals surface area contributed by atoms with Crippen molar-refractivity contribution in [2.45, 2.75) is 76.9 Å². The van der Waals surface area contributed by atoms with Gasteiger partial charge < -0.3 is 29.7 Å². The van der Waals surface area contributed by atoms with Crippen molar-refractivity contribution >= 4 is 28.9 Å². The fourth-order valence-electron chi connectivity index (χ4n) is 4.29. The van der Waals surface area contributed by atoms with Gasteiger partial charge in [0.15, 0.2) is 11.6 Å². The predicted molar refractivity (Wildman–Crippen MR) is 130 cm³/mol. The van der Waals surface area contributed by atoms with E-state index in [-0.39, 0.29) is 28.9 Å². The van der Waals surface area contributed by atoms with E-state index in [9.17, 15) is 24.6 Å². The Kier molecular flexibility index (Phi) is 6.93. The van der Waals surface area contributed by atoms with Crippen molar-refractivity contribution in [3.63, 3.8) is 0 Å². The molecule has 3 atom stereocenters. The summed E-state index contributed by atoms with van der Waals surface area (Å²) in [5.41, 5.74) is -1.57. The number of rotatable bonds is 7. The molecule has 4 N–H and O–H groups in total. The van der Waals surface area contributed by atoms with Crippen LogP contribution in [-0.2, 0) is 4.74 Å². The number of carbonyl (C=O) groups is 2. The Morgan fingerprint density at radius 1 is 1.28 bits per heavy atom. The number of aromatic nitrogens is 2. The van der Waals surface area contributed by atoms with Crippen molar-refractivity contribution in [2.75, 3.05) is 18.0 Å². The number of alkyl carbamates (subject to hydrolysis) is 1. The van der Waals surface area contributed by atoms with Crippen LogP contribution in [0.15, 0.2) is 17.1 Å². The zero-order chi connectivity index (χ0) is 26.4. The van der Waals surface area contributed by atoms with Gasteiger partial charge in [-0.25, -0.2) is 19.0 Å². The standard InChI is InChI=1S/C24H32FN5O6/c1-12(26-23(35)36-24(2,3)4)21(32)27-13-7-8-29(10-13)20-17(25)9-15-18(31)16(22(33)34)11-30(14-5-6-14)19(15)28-20/h9,11-14,21,27,32H,5-8,10H2,1-4H3,(H,26,35)(H,33,34). The van der Waals surface area contributed by atoms with Crippen molar-refractivity contribution in [1.82, 2.24) is 20.2 Å². The molecule has 0 aromatic carbocycles. The van der Waals surface area contributed by atoms with Crippen molar-refractivity contribution in [3.05, 3.63) is 33.9 Å². The largest absolute Gasteiger partial charge is 0.477 e. The second kappa shape index (κ2) is 9.66. The van der Waals surface area contributed by atoms with E-state index < -0.39 is 46.7 Å². The summed E-state index contributed by atoms with van der Waals surface area (Å²) in [7, 11) is 0. The molecule has 0 radical (unpaired) electrons. The Hall–Kier alpha value is -3.25. The number of nitrogens with one attached hydrogen (secondary N) is 2. The maximum Gasteiger partial charge on any atom is 0.408 e. The third-order valence-corrected chi connectivity index (χ3v) is 6.22. The van der Waals surface area contributed by atoms with E-state index in [0.717, 1.165) is 18.9 Å². The number of halogens is 1. The number of pyridine rings is 2. The first kappa shape index (κ1) is 25.8. The number of carbonyl (C=O) groups excluding carboxylic acids is 1. The van der Waals surface area contributed by atoms with Crippen molar-refractivity contribution in [2.24, 2.45) is 0 Å². The molecule has 0 bridgehead atoms. The van der Waals surface area contributed by atoms with E-state index in [1.807, 2.05) is 0 Å². The zero-order valence-corrected chi connectivity index (χ0v) is 20.7. The van der Waals surface area contributed by atoms with Gasteiger partial charge in [0.1, 0.15) is 23.0 Å². The maximum atomic E-state index is 15.1. The molecule has 2 aliphatic rings. The Bertz CT molecular complexity index is 1240. The lowest BCUT2D eigenvalue weighted by atomic mass is 10.2. The number of ether oxygens (including phenoxy) is 1. The zero-order valence-electron chi connectivity index (χ0n) is 20.7. The Balaban J connectivity index is 1.49. The van der Waals surface area contributed by atoms with Gasteiger partial charge >= 0.3 is 12.1 Å². The number of carboxylic acid groups (broad SMARTS) is 1. The Morgan fingerprint density at radius 2 is 1.97 bits per heavy atom. The number of fused-ring (bicyclic) bond motifs is 1. The summed E-state index contributed by atoms with van der Waals surface area (Å²) >= 11 is 0. The lowest BCUT2D eigenvalue weighted by molar-refractivity contribution is 0.0381. The molecule has 1 aliphatic heterocycles. The number of anilines is 1. The third kappa shape index (κ3) is 5.59. The summed E-state index contributed by atoms with van der Waals surface area (Å²) in [5, 5.41) is 25.5. The van der Waals surface area contributed by atoms with Gasteiger partial charge in [-0.1, -0.05) is 0 Å². The molecule has 1 saturated heterocycles. The summed E-state index contributed by atoms with van der Waals surface area (Å²) in [6, 6.07) is 0.244. The topological polar surface area (TPSA) is 146 Å². The highest BCUT2D eigenvalue weighted by atomic mass is 19.1. The highest BCUT2D eigenvalue weighted by molar-refractivity contribution is 5.92. The number of hydrogen-bond acceptors (Lipinski definition) is 8. The lowest BCUT2D eigenvalue weighted by Crippen LogP contribution is -2.52. The van der Waals surface area contributed by atoms with Gasteiger partial charge in [0.05, 0.1) is 11.4 Å². The van der Waals surface area contributed by atoms with Crippen molar-refractivity contribution in [1.29, 1.82) is 0 Å². The molecule has 2 fully saturated rings. The first-order valence-corrected chi connectivity index (χ1v) is 12.0. The van der Waals surface area contributed by atoms with E-state index in [4.69, 9.17) is 4.74 Å². The van der Waals surface area contributed by atoms with Crippen molar-refractivity contribution in [3.8, 4) is 0 Å². The number of nitrogens with zero attached hydrogens (tertiary/aromatic N) is 3. The van der Waals surface area contributed by atoms with Crippen LogP contribution in [0.1, 0.15) is 63.4 Å². The monoisotopic (exact) mass is 505 g/mol. The van der Waals surface area contributed by atoms with Crippen LogP contribution in [0.3, 0.4) is 0 Å². The van der Waals surface area contributed by atoms with Gasteiger partial charge in [-0.3, -0.25) is 10.1 Å². The predicted octanol–water partition coefficient (Wildman–Crippen LogP) is 1.97. The van der Waals surface area contributed by atoms with Gasteiger partial charge in [0, 0.05) is 31.4 Å². The van der Waals surface area contributed by atoms with Crippen LogP contribution in [0, 0.1) is 5.82 Å². The Labute approximate surface area is 207 Å². The summed E-state index contributed by atoms with van der Waals surface area (Å²) in [6.07, 6.45) is 1.83. The normalized spacial score (nSPS) is 19.8. The van der Waals surface area contributed by atoms with Crippen LogP contribution < -0.4 is 21.0 Å². The fraction of sp³-hybridized carbons (Fsp3) is 0.583. The van der Waals surface area contributed by atoms with Crippen LogP contribution in [0.4, 0.5) is 15.0 Å². The molecule has 3 unspecified atom stereocenters. The summed E-state index contributed by atoms with van der Waals surface area (Å²) < 4.78 is 22.0. The maximum absolute atomic E-state index is 15.1. The highest BCUT2D eigenvalue weighted by Crippen LogP contribution is 2.37. The molecule has 1 saturated carbocycles. The van der Waals surface area contributed by atoms with Gasteiger partial charge in [-0.2, -0.15) is 0 Å². The smallest absolute Gasteiger partial charge is 0.408 e. The summed E-state index contributed by atoms with van der Waals surface area (Å²) in [6.45, 7) is 7.67. The van der Waals surface area contributed by atoms with Crippen LogP contribution in [0.25, 0.3) is 11.0 Å². The molecule has 1 amide bonds. The van der Waals surface area contributed by atoms with E-state index in [1.54, 1.807) is 37.2 Å². The molecule has 2 aromatic heterocycles. The third-order valence-electron chi connectivity index (χ3n) is 6.22. The molecule has 4 rings (SSSR count). The second-order valence-electron chi connectivity index (χ2n) is 10.5. The van der Waals surface area contributed by atoms with E-state index in [2.05, 4.69) is 15.6 Å². The average molecular weight is 506 g/mol.